The number of hydrogen-bond acceptors (Lipinski definition) is 6. The molecule has 0 saturated heterocycles. The molecule has 7 heteroatoms. The van der Waals surface area contributed by atoms with Crippen molar-refractivity contribution in [3.63, 3.8) is 0 Å². The lowest BCUT2D eigenvalue weighted by Crippen LogP contribution is -2.14. The number of thiazole rings is 1. The molecular formula is C12H15N5OS. The lowest BCUT2D eigenvalue weighted by Gasteiger charge is -2.04. The average molecular weight is 277 g/mol. The monoisotopic (exact) mass is 277 g/mol. The third-order valence-corrected chi connectivity index (χ3v) is 3.16. The predicted octanol–water partition coefficient (Wildman–Crippen LogP) is 2.32. The van der Waals surface area contributed by atoms with Crippen molar-refractivity contribution in [3.05, 3.63) is 29.2 Å². The van der Waals surface area contributed by atoms with E-state index < -0.39 is 0 Å². The molecule has 0 unspecified atom stereocenters. The maximum absolute atomic E-state index is 11.9. The summed E-state index contributed by atoms with van der Waals surface area (Å²) in [6.07, 6.45) is 4.01. The van der Waals surface area contributed by atoms with Gasteiger partial charge in [0, 0.05) is 11.9 Å². The zero-order valence-electron chi connectivity index (χ0n) is 10.8. The number of nitrogens with one attached hydrogen (secondary N) is 2. The molecule has 100 valence electrons. The molecule has 2 heterocycles. The van der Waals surface area contributed by atoms with Gasteiger partial charge in [0.2, 0.25) is 0 Å². The first-order valence-corrected chi connectivity index (χ1v) is 6.86. The van der Waals surface area contributed by atoms with Gasteiger partial charge >= 0.3 is 0 Å². The third kappa shape index (κ3) is 3.72. The van der Waals surface area contributed by atoms with Gasteiger partial charge in [-0.25, -0.2) is 15.0 Å². The van der Waals surface area contributed by atoms with Gasteiger partial charge in [-0.2, -0.15) is 0 Å². The highest BCUT2D eigenvalue weighted by Gasteiger charge is 2.10. The van der Waals surface area contributed by atoms with Crippen LogP contribution in [0.5, 0.6) is 0 Å². The molecule has 2 rings (SSSR count). The van der Waals surface area contributed by atoms with Gasteiger partial charge in [0.1, 0.15) is 11.5 Å². The van der Waals surface area contributed by atoms with Gasteiger partial charge in [-0.3, -0.25) is 10.1 Å². The zero-order chi connectivity index (χ0) is 13.7. The van der Waals surface area contributed by atoms with E-state index >= 15 is 0 Å². The molecule has 0 aromatic carbocycles. The first-order chi connectivity index (χ1) is 9.19. The highest BCUT2D eigenvalue weighted by Crippen LogP contribution is 2.15. The van der Waals surface area contributed by atoms with Crippen molar-refractivity contribution in [2.24, 2.45) is 0 Å². The molecule has 19 heavy (non-hydrogen) atoms. The van der Waals surface area contributed by atoms with Gasteiger partial charge < -0.3 is 5.32 Å². The Bertz CT molecular complexity index is 552. The Balaban J connectivity index is 1.99. The minimum Gasteiger partial charge on any atom is -0.369 e. The Hall–Kier alpha value is -2.02. The van der Waals surface area contributed by atoms with Crippen molar-refractivity contribution >= 4 is 28.2 Å². The van der Waals surface area contributed by atoms with E-state index in [1.54, 1.807) is 6.20 Å². The standard InChI is InChI=1S/C12H15N5OS/c1-3-4-13-10-6-14-9(5-15-10)11(18)17-12-16-8(2)7-19-12/h5-7H,3-4H2,1-2H3,(H,13,15)(H,16,17,18). The van der Waals surface area contributed by atoms with Crippen LogP contribution in [0, 0.1) is 6.92 Å². The second-order valence-electron chi connectivity index (χ2n) is 3.96. The highest BCUT2D eigenvalue weighted by molar-refractivity contribution is 7.13. The largest absolute Gasteiger partial charge is 0.369 e. The number of aromatic nitrogens is 3. The summed E-state index contributed by atoms with van der Waals surface area (Å²) in [6, 6.07) is 0. The van der Waals surface area contributed by atoms with E-state index in [-0.39, 0.29) is 11.6 Å². The summed E-state index contributed by atoms with van der Waals surface area (Å²) in [5.41, 5.74) is 1.15. The molecule has 1 amide bonds. The van der Waals surface area contributed by atoms with Crippen LogP contribution in [0.25, 0.3) is 0 Å². The summed E-state index contributed by atoms with van der Waals surface area (Å²) in [7, 11) is 0. The molecule has 6 nitrogen and oxygen atoms in total. The van der Waals surface area contributed by atoms with Crippen LogP contribution in [-0.4, -0.2) is 27.4 Å². The van der Waals surface area contributed by atoms with Crippen molar-refractivity contribution in [1.82, 2.24) is 15.0 Å². The Morgan fingerprint density at radius 1 is 1.37 bits per heavy atom. The van der Waals surface area contributed by atoms with Gasteiger partial charge in [-0.1, -0.05) is 6.92 Å². The third-order valence-electron chi connectivity index (χ3n) is 2.28. The fourth-order valence-corrected chi connectivity index (χ4v) is 2.05. The number of rotatable bonds is 5. The van der Waals surface area contributed by atoms with Crippen LogP contribution in [-0.2, 0) is 0 Å². The molecular weight excluding hydrogens is 262 g/mol. The molecule has 0 atom stereocenters. The van der Waals surface area contributed by atoms with Crippen LogP contribution < -0.4 is 10.6 Å². The van der Waals surface area contributed by atoms with Gasteiger partial charge in [-0.05, 0) is 13.3 Å². The van der Waals surface area contributed by atoms with E-state index in [1.165, 1.54) is 17.5 Å². The average Bonchev–Trinajstić information content (AvgIpc) is 2.82. The van der Waals surface area contributed by atoms with E-state index in [2.05, 4.69) is 32.5 Å². The lowest BCUT2D eigenvalue weighted by molar-refractivity contribution is 0.102. The second kappa shape index (κ2) is 6.24. The van der Waals surface area contributed by atoms with E-state index in [4.69, 9.17) is 0 Å². The zero-order valence-corrected chi connectivity index (χ0v) is 11.6. The molecule has 2 aromatic heterocycles. The quantitative estimate of drug-likeness (QED) is 0.876. The molecule has 2 aromatic rings. The van der Waals surface area contributed by atoms with Crippen molar-refractivity contribution in [3.8, 4) is 0 Å². The topological polar surface area (TPSA) is 79.8 Å². The number of carbonyl (C=O) groups is 1. The molecule has 0 aliphatic rings. The molecule has 0 fully saturated rings. The van der Waals surface area contributed by atoms with Gasteiger partial charge in [0.15, 0.2) is 5.13 Å². The van der Waals surface area contributed by atoms with Crippen LogP contribution in [0.3, 0.4) is 0 Å². The molecule has 0 bridgehead atoms. The number of nitrogens with zero attached hydrogens (tertiary/aromatic N) is 3. The fourth-order valence-electron chi connectivity index (χ4n) is 1.36. The summed E-state index contributed by atoms with van der Waals surface area (Å²) in [4.78, 5) is 24.2. The molecule has 0 radical (unpaired) electrons. The summed E-state index contributed by atoms with van der Waals surface area (Å²) in [5.74, 6) is 0.368. The minimum absolute atomic E-state index is 0.273. The maximum atomic E-state index is 11.9. The second-order valence-corrected chi connectivity index (χ2v) is 4.82. The fraction of sp³-hybridized carbons (Fsp3) is 0.333. The SMILES string of the molecule is CCCNc1cnc(C(=O)Nc2nc(C)cs2)cn1. The van der Waals surface area contributed by atoms with E-state index in [0.717, 1.165) is 18.7 Å². The maximum Gasteiger partial charge on any atom is 0.277 e. The Labute approximate surface area is 115 Å². The van der Waals surface area contributed by atoms with Crippen molar-refractivity contribution in [2.45, 2.75) is 20.3 Å². The van der Waals surface area contributed by atoms with Gasteiger partial charge in [0.25, 0.3) is 5.91 Å². The van der Waals surface area contributed by atoms with Gasteiger partial charge in [0.05, 0.1) is 18.1 Å². The predicted molar refractivity (Wildman–Crippen MR) is 75.6 cm³/mol. The molecule has 0 saturated carbocycles. The lowest BCUT2D eigenvalue weighted by atomic mass is 10.4. The summed E-state index contributed by atoms with van der Waals surface area (Å²) in [5, 5.41) is 8.23. The van der Waals surface area contributed by atoms with E-state index in [0.29, 0.717) is 10.9 Å². The molecule has 2 N–H and O–H groups in total. The highest BCUT2D eigenvalue weighted by atomic mass is 32.1. The van der Waals surface area contributed by atoms with Crippen LogP contribution in [0.1, 0.15) is 29.5 Å². The summed E-state index contributed by atoms with van der Waals surface area (Å²) in [6.45, 7) is 4.77. The van der Waals surface area contributed by atoms with Crippen LogP contribution in [0.15, 0.2) is 17.8 Å². The summed E-state index contributed by atoms with van der Waals surface area (Å²) < 4.78 is 0. The number of anilines is 2. The first kappa shape index (κ1) is 13.4. The van der Waals surface area contributed by atoms with Crippen molar-refractivity contribution in [1.29, 1.82) is 0 Å². The number of amides is 1. The van der Waals surface area contributed by atoms with Gasteiger partial charge in [-0.15, -0.1) is 11.3 Å². The Morgan fingerprint density at radius 2 is 2.21 bits per heavy atom. The smallest absolute Gasteiger partial charge is 0.277 e. The van der Waals surface area contributed by atoms with E-state index in [9.17, 15) is 4.79 Å². The normalized spacial score (nSPS) is 10.2. The molecule has 0 spiro atoms. The minimum atomic E-state index is -0.302. The molecule has 0 aliphatic heterocycles. The van der Waals surface area contributed by atoms with Crippen LogP contribution in [0.4, 0.5) is 10.9 Å². The Kier molecular flexibility index (Phi) is 4.40. The Morgan fingerprint density at radius 3 is 2.79 bits per heavy atom. The number of aryl methyl sites for hydroxylation is 1. The number of carbonyl (C=O) groups excluding carboxylic acids is 1. The first-order valence-electron chi connectivity index (χ1n) is 5.98. The van der Waals surface area contributed by atoms with Crippen molar-refractivity contribution < 1.29 is 4.79 Å². The van der Waals surface area contributed by atoms with Crippen LogP contribution >= 0.6 is 11.3 Å². The van der Waals surface area contributed by atoms with E-state index in [1.807, 2.05) is 12.3 Å². The molecule has 0 aliphatic carbocycles. The van der Waals surface area contributed by atoms with Crippen LogP contribution in [0.2, 0.25) is 0 Å². The summed E-state index contributed by atoms with van der Waals surface area (Å²) >= 11 is 1.38. The van der Waals surface area contributed by atoms with Crippen molar-refractivity contribution in [2.75, 3.05) is 17.2 Å². The number of hydrogen-bond donors (Lipinski definition) is 2.